The van der Waals surface area contributed by atoms with Crippen molar-refractivity contribution in [3.63, 3.8) is 0 Å². The molecule has 152 valence electrons. The van der Waals surface area contributed by atoms with Crippen LogP contribution in [0.15, 0.2) is 41.8 Å². The minimum Gasteiger partial charge on any atom is -0.493 e. The van der Waals surface area contributed by atoms with Crippen molar-refractivity contribution in [3.05, 3.63) is 69.2 Å². The number of carbonyl (C=O) groups is 2. The lowest BCUT2D eigenvalue weighted by Crippen LogP contribution is -2.13. The molecule has 29 heavy (non-hydrogen) atoms. The standard InChI is InChI=1S/C22H23NO5S/c1-14-10-18(15(2)23(14)12-17-6-5-9-29-17)19(24)13-28-20-8-7-16(22(25)27-4)11-21(20)26-3/h5-11H,12-13H2,1-4H3. The molecule has 0 aliphatic rings. The number of benzene rings is 1. The second kappa shape index (κ2) is 8.96. The highest BCUT2D eigenvalue weighted by Gasteiger charge is 2.18. The molecule has 1 aromatic carbocycles. The molecule has 0 fully saturated rings. The van der Waals surface area contributed by atoms with Crippen LogP contribution in [0.1, 0.15) is 37.0 Å². The van der Waals surface area contributed by atoms with E-state index in [-0.39, 0.29) is 12.4 Å². The lowest BCUT2D eigenvalue weighted by Gasteiger charge is -2.12. The summed E-state index contributed by atoms with van der Waals surface area (Å²) in [6, 6.07) is 10.7. The Morgan fingerprint density at radius 1 is 1.07 bits per heavy atom. The largest absolute Gasteiger partial charge is 0.493 e. The van der Waals surface area contributed by atoms with Crippen molar-refractivity contribution >= 4 is 23.1 Å². The van der Waals surface area contributed by atoms with E-state index >= 15 is 0 Å². The van der Waals surface area contributed by atoms with Gasteiger partial charge in [-0.25, -0.2) is 4.79 Å². The van der Waals surface area contributed by atoms with Gasteiger partial charge in [0, 0.05) is 21.8 Å². The lowest BCUT2D eigenvalue weighted by atomic mass is 10.1. The van der Waals surface area contributed by atoms with Gasteiger partial charge in [0.1, 0.15) is 0 Å². The summed E-state index contributed by atoms with van der Waals surface area (Å²) in [6.45, 7) is 4.55. The fraction of sp³-hybridized carbons (Fsp3) is 0.273. The Labute approximate surface area is 173 Å². The maximum Gasteiger partial charge on any atom is 0.337 e. The molecule has 0 radical (unpaired) electrons. The number of hydrogen-bond acceptors (Lipinski definition) is 6. The number of rotatable bonds is 8. The molecule has 0 N–H and O–H groups in total. The van der Waals surface area contributed by atoms with E-state index in [1.54, 1.807) is 23.5 Å². The first-order valence-electron chi connectivity index (χ1n) is 9.06. The van der Waals surface area contributed by atoms with E-state index in [0.29, 0.717) is 22.6 Å². The summed E-state index contributed by atoms with van der Waals surface area (Å²) in [5, 5.41) is 2.04. The van der Waals surface area contributed by atoms with Crippen molar-refractivity contribution in [1.29, 1.82) is 0 Å². The summed E-state index contributed by atoms with van der Waals surface area (Å²) in [6.07, 6.45) is 0. The number of aryl methyl sites for hydroxylation is 1. The predicted molar refractivity (Wildman–Crippen MR) is 111 cm³/mol. The van der Waals surface area contributed by atoms with Gasteiger partial charge in [-0.1, -0.05) is 6.07 Å². The molecule has 0 bridgehead atoms. The predicted octanol–water partition coefficient (Wildman–Crippen LogP) is 4.27. The smallest absolute Gasteiger partial charge is 0.337 e. The SMILES string of the molecule is COC(=O)c1ccc(OCC(=O)c2cc(C)n(Cc3cccs3)c2C)c(OC)c1. The molecule has 3 aromatic rings. The molecular weight excluding hydrogens is 390 g/mol. The van der Waals surface area contributed by atoms with Crippen LogP contribution in [0.4, 0.5) is 0 Å². The van der Waals surface area contributed by atoms with Gasteiger partial charge in [0.2, 0.25) is 5.78 Å². The first kappa shape index (κ1) is 20.7. The summed E-state index contributed by atoms with van der Waals surface area (Å²) in [7, 11) is 2.79. The topological polar surface area (TPSA) is 66.8 Å². The molecule has 6 nitrogen and oxygen atoms in total. The van der Waals surface area contributed by atoms with Crippen LogP contribution in [0.25, 0.3) is 0 Å². The number of ketones is 1. The Bertz CT molecular complexity index is 1020. The van der Waals surface area contributed by atoms with Gasteiger partial charge in [0.15, 0.2) is 18.1 Å². The lowest BCUT2D eigenvalue weighted by molar-refractivity contribution is 0.0600. The second-order valence-corrected chi connectivity index (χ2v) is 7.55. The Kier molecular flexibility index (Phi) is 6.39. The number of ether oxygens (including phenoxy) is 3. The number of thiophene rings is 1. The van der Waals surface area contributed by atoms with Crippen LogP contribution in [0.5, 0.6) is 11.5 Å². The van der Waals surface area contributed by atoms with Gasteiger partial charge in [-0.15, -0.1) is 11.3 Å². The number of Topliss-reactive ketones (excluding diaryl/α,β-unsaturated/α-hetero) is 1. The van der Waals surface area contributed by atoms with Gasteiger partial charge in [-0.3, -0.25) is 4.79 Å². The number of hydrogen-bond donors (Lipinski definition) is 0. The molecule has 0 aliphatic heterocycles. The number of aromatic nitrogens is 1. The van der Waals surface area contributed by atoms with Gasteiger partial charge in [-0.2, -0.15) is 0 Å². The van der Waals surface area contributed by atoms with Crippen LogP contribution in [0, 0.1) is 13.8 Å². The summed E-state index contributed by atoms with van der Waals surface area (Å²) in [5.74, 6) is 0.170. The highest BCUT2D eigenvalue weighted by atomic mass is 32.1. The molecule has 0 saturated carbocycles. The van der Waals surface area contributed by atoms with Gasteiger partial charge in [-0.05, 0) is 49.6 Å². The van der Waals surface area contributed by atoms with Gasteiger partial charge in [0.25, 0.3) is 0 Å². The minimum atomic E-state index is -0.468. The molecule has 0 aliphatic carbocycles. The molecule has 7 heteroatoms. The van der Waals surface area contributed by atoms with Crippen LogP contribution >= 0.6 is 11.3 Å². The van der Waals surface area contributed by atoms with Crippen LogP contribution in [-0.4, -0.2) is 37.1 Å². The first-order chi connectivity index (χ1) is 13.9. The van der Waals surface area contributed by atoms with E-state index in [4.69, 9.17) is 14.2 Å². The Balaban J connectivity index is 1.74. The van der Waals surface area contributed by atoms with E-state index in [1.165, 1.54) is 25.2 Å². The van der Waals surface area contributed by atoms with Crippen LogP contribution in [0.2, 0.25) is 0 Å². The fourth-order valence-corrected chi connectivity index (χ4v) is 3.83. The monoisotopic (exact) mass is 413 g/mol. The number of nitrogens with zero attached hydrogens (tertiary/aromatic N) is 1. The van der Waals surface area contributed by atoms with Gasteiger partial charge in [0.05, 0.1) is 26.3 Å². The molecule has 0 amide bonds. The van der Waals surface area contributed by atoms with Crippen molar-refractivity contribution in [2.24, 2.45) is 0 Å². The van der Waals surface area contributed by atoms with Gasteiger partial charge >= 0.3 is 5.97 Å². The normalized spacial score (nSPS) is 10.6. The Morgan fingerprint density at radius 2 is 1.86 bits per heavy atom. The molecule has 0 atom stereocenters. The van der Waals surface area contributed by atoms with Crippen LogP contribution < -0.4 is 9.47 Å². The van der Waals surface area contributed by atoms with Gasteiger partial charge < -0.3 is 18.8 Å². The van der Waals surface area contributed by atoms with Crippen molar-refractivity contribution in [3.8, 4) is 11.5 Å². The third-order valence-corrected chi connectivity index (χ3v) is 5.57. The Hall–Kier alpha value is -3.06. The van der Waals surface area contributed by atoms with E-state index in [1.807, 2.05) is 31.4 Å². The van der Waals surface area contributed by atoms with E-state index < -0.39 is 5.97 Å². The number of carbonyl (C=O) groups excluding carboxylic acids is 2. The molecule has 0 saturated heterocycles. The third-order valence-electron chi connectivity index (χ3n) is 4.71. The maximum atomic E-state index is 12.8. The quantitative estimate of drug-likeness (QED) is 0.408. The molecule has 0 unspecified atom stereocenters. The third kappa shape index (κ3) is 4.51. The Morgan fingerprint density at radius 3 is 2.52 bits per heavy atom. The molecule has 0 spiro atoms. The highest BCUT2D eigenvalue weighted by Crippen LogP contribution is 2.29. The van der Waals surface area contributed by atoms with Crippen molar-refractivity contribution in [1.82, 2.24) is 4.57 Å². The highest BCUT2D eigenvalue weighted by molar-refractivity contribution is 7.09. The van der Waals surface area contributed by atoms with E-state index in [2.05, 4.69) is 10.6 Å². The van der Waals surface area contributed by atoms with Crippen LogP contribution in [-0.2, 0) is 11.3 Å². The zero-order valence-corrected chi connectivity index (χ0v) is 17.7. The maximum absolute atomic E-state index is 12.8. The average molecular weight is 413 g/mol. The molecular formula is C22H23NO5S. The van der Waals surface area contributed by atoms with Crippen molar-refractivity contribution < 1.29 is 23.8 Å². The zero-order chi connectivity index (χ0) is 21.0. The summed E-state index contributed by atoms with van der Waals surface area (Å²) in [5.41, 5.74) is 2.93. The van der Waals surface area contributed by atoms with E-state index in [0.717, 1.165) is 17.9 Å². The van der Waals surface area contributed by atoms with Crippen molar-refractivity contribution in [2.45, 2.75) is 20.4 Å². The summed E-state index contributed by atoms with van der Waals surface area (Å²) >= 11 is 1.69. The number of esters is 1. The molecule has 2 heterocycles. The zero-order valence-electron chi connectivity index (χ0n) is 16.9. The fourth-order valence-electron chi connectivity index (χ4n) is 3.14. The minimum absolute atomic E-state index is 0.116. The average Bonchev–Trinajstić information content (AvgIpc) is 3.35. The molecule has 3 rings (SSSR count). The second-order valence-electron chi connectivity index (χ2n) is 6.52. The van der Waals surface area contributed by atoms with E-state index in [9.17, 15) is 9.59 Å². The number of methoxy groups -OCH3 is 2. The van der Waals surface area contributed by atoms with Crippen molar-refractivity contribution in [2.75, 3.05) is 20.8 Å². The molecule has 2 aromatic heterocycles. The summed E-state index contributed by atoms with van der Waals surface area (Å²) < 4.78 is 17.8. The van der Waals surface area contributed by atoms with Crippen LogP contribution in [0.3, 0.4) is 0 Å². The first-order valence-corrected chi connectivity index (χ1v) is 9.94. The summed E-state index contributed by atoms with van der Waals surface area (Å²) in [4.78, 5) is 25.7.